The lowest BCUT2D eigenvalue weighted by Gasteiger charge is -2.07. The molecule has 2 N–H and O–H groups in total. The normalized spacial score (nSPS) is 13.6. The molecule has 0 spiro atoms. The standard InChI is InChI=1S/C6H15O5PS/c1-6(2)3-4-13(10,11)5-12(7,8)9/h6H,3-5H2,1-2H3,(H2,7,8,9). The Morgan fingerprint density at radius 2 is 1.77 bits per heavy atom. The molecule has 0 aromatic rings. The van der Waals surface area contributed by atoms with Gasteiger partial charge in [0.25, 0.3) is 0 Å². The summed E-state index contributed by atoms with van der Waals surface area (Å²) in [6.07, 6.45) is 0.433. The van der Waals surface area contributed by atoms with Gasteiger partial charge in [-0.25, -0.2) is 8.42 Å². The van der Waals surface area contributed by atoms with Crippen molar-refractivity contribution < 1.29 is 22.8 Å². The third-order valence-electron chi connectivity index (χ3n) is 1.37. The first-order valence-electron chi connectivity index (χ1n) is 3.87. The van der Waals surface area contributed by atoms with Gasteiger partial charge in [0.15, 0.2) is 15.3 Å². The molecule has 0 aliphatic rings. The zero-order valence-electron chi connectivity index (χ0n) is 7.67. The molecule has 0 fully saturated rings. The van der Waals surface area contributed by atoms with Crippen molar-refractivity contribution in [3.05, 3.63) is 0 Å². The summed E-state index contributed by atoms with van der Waals surface area (Å²) in [5, 5.41) is 0. The molecule has 0 unspecified atom stereocenters. The Kier molecular flexibility index (Phi) is 4.59. The third kappa shape index (κ3) is 8.43. The Morgan fingerprint density at radius 1 is 1.31 bits per heavy atom. The average molecular weight is 230 g/mol. The van der Waals surface area contributed by atoms with Crippen LogP contribution in [-0.2, 0) is 14.4 Å². The van der Waals surface area contributed by atoms with Crippen molar-refractivity contribution >= 4 is 17.4 Å². The van der Waals surface area contributed by atoms with E-state index in [1.54, 1.807) is 0 Å². The van der Waals surface area contributed by atoms with Crippen LogP contribution < -0.4 is 0 Å². The first-order chi connectivity index (χ1) is 5.62. The SMILES string of the molecule is CC(C)CCS(=O)(=O)CP(=O)(O)O. The Bertz CT molecular complexity index is 288. The van der Waals surface area contributed by atoms with Gasteiger partial charge in [0.2, 0.25) is 0 Å². The van der Waals surface area contributed by atoms with E-state index in [0.29, 0.717) is 6.42 Å². The largest absolute Gasteiger partial charge is 0.340 e. The molecule has 5 nitrogen and oxygen atoms in total. The molecule has 80 valence electrons. The number of hydrogen-bond acceptors (Lipinski definition) is 3. The van der Waals surface area contributed by atoms with Crippen LogP contribution in [-0.4, -0.2) is 29.5 Å². The molecule has 0 aromatic heterocycles. The van der Waals surface area contributed by atoms with Crippen molar-refractivity contribution in [2.45, 2.75) is 20.3 Å². The summed E-state index contributed by atoms with van der Waals surface area (Å²) in [5.74, 6) is 0.0574. The third-order valence-corrected chi connectivity index (χ3v) is 5.15. The van der Waals surface area contributed by atoms with Crippen LogP contribution in [0.5, 0.6) is 0 Å². The predicted octanol–water partition coefficient (Wildman–Crippen LogP) is 0.583. The molecule has 0 amide bonds. The summed E-state index contributed by atoms with van der Waals surface area (Å²) >= 11 is 0. The van der Waals surface area contributed by atoms with E-state index in [0.717, 1.165) is 0 Å². The molecular formula is C6H15O5PS. The van der Waals surface area contributed by atoms with Gasteiger partial charge in [-0.1, -0.05) is 13.8 Å². The Labute approximate surface area is 78.2 Å². The second kappa shape index (κ2) is 4.55. The molecule has 0 saturated carbocycles. The summed E-state index contributed by atoms with van der Waals surface area (Å²) in [6, 6.07) is 0. The van der Waals surface area contributed by atoms with E-state index in [9.17, 15) is 13.0 Å². The quantitative estimate of drug-likeness (QED) is 0.674. The smallest absolute Gasteiger partial charge is 0.324 e. The lowest BCUT2D eigenvalue weighted by Crippen LogP contribution is -2.12. The first kappa shape index (κ1) is 13.1. The number of hydrogen-bond donors (Lipinski definition) is 2. The van der Waals surface area contributed by atoms with Gasteiger partial charge in [0.05, 0.1) is 5.75 Å². The topological polar surface area (TPSA) is 91.7 Å². The molecule has 0 saturated heterocycles. The van der Waals surface area contributed by atoms with Crippen molar-refractivity contribution in [2.24, 2.45) is 5.92 Å². The fourth-order valence-corrected chi connectivity index (χ4v) is 4.13. The number of sulfone groups is 1. The minimum absolute atomic E-state index is 0.157. The second-order valence-corrected chi connectivity index (χ2v) is 7.68. The minimum atomic E-state index is -4.44. The van der Waals surface area contributed by atoms with Crippen molar-refractivity contribution in [1.82, 2.24) is 0 Å². The van der Waals surface area contributed by atoms with Gasteiger partial charge in [-0.2, -0.15) is 0 Å². The lowest BCUT2D eigenvalue weighted by atomic mass is 10.2. The van der Waals surface area contributed by atoms with E-state index < -0.39 is 22.9 Å². The zero-order chi connectivity index (χ0) is 10.7. The second-order valence-electron chi connectivity index (χ2n) is 3.42. The van der Waals surface area contributed by atoms with Crippen molar-refractivity contribution in [3.63, 3.8) is 0 Å². The van der Waals surface area contributed by atoms with Gasteiger partial charge in [-0.05, 0) is 12.3 Å². The van der Waals surface area contributed by atoms with E-state index in [-0.39, 0.29) is 11.7 Å². The monoisotopic (exact) mass is 230 g/mol. The highest BCUT2D eigenvalue weighted by atomic mass is 32.2. The van der Waals surface area contributed by atoms with E-state index in [1.165, 1.54) is 0 Å². The summed E-state index contributed by atoms with van der Waals surface area (Å²) in [4.78, 5) is 16.9. The van der Waals surface area contributed by atoms with Crippen molar-refractivity contribution in [2.75, 3.05) is 11.2 Å². The maximum atomic E-state index is 11.1. The molecule has 0 radical (unpaired) electrons. The van der Waals surface area contributed by atoms with E-state index >= 15 is 0 Å². The molecule has 7 heteroatoms. The van der Waals surface area contributed by atoms with Gasteiger partial charge in [-0.3, -0.25) is 4.57 Å². The molecule has 13 heavy (non-hydrogen) atoms. The van der Waals surface area contributed by atoms with Crippen molar-refractivity contribution in [3.8, 4) is 0 Å². The van der Waals surface area contributed by atoms with E-state index in [1.807, 2.05) is 13.8 Å². The number of rotatable bonds is 5. The molecule has 0 aliphatic heterocycles. The molecule has 0 bridgehead atoms. The predicted molar refractivity (Wildman–Crippen MR) is 50.2 cm³/mol. The Hall–Kier alpha value is 0.1000. The van der Waals surface area contributed by atoms with Crippen LogP contribution in [0.25, 0.3) is 0 Å². The molecule has 0 heterocycles. The first-order valence-corrected chi connectivity index (χ1v) is 7.49. The van der Waals surface area contributed by atoms with Crippen LogP contribution in [0.2, 0.25) is 0 Å². The van der Waals surface area contributed by atoms with Gasteiger partial charge < -0.3 is 9.79 Å². The van der Waals surface area contributed by atoms with Crippen LogP contribution in [0.1, 0.15) is 20.3 Å². The summed E-state index contributed by atoms with van der Waals surface area (Å²) < 4.78 is 32.5. The van der Waals surface area contributed by atoms with Crippen LogP contribution in [0.3, 0.4) is 0 Å². The van der Waals surface area contributed by atoms with Gasteiger partial charge in [-0.15, -0.1) is 0 Å². The van der Waals surface area contributed by atoms with Crippen LogP contribution in [0.15, 0.2) is 0 Å². The van der Waals surface area contributed by atoms with Crippen molar-refractivity contribution in [1.29, 1.82) is 0 Å². The van der Waals surface area contributed by atoms with Gasteiger partial charge in [0.1, 0.15) is 0 Å². The van der Waals surface area contributed by atoms with E-state index in [4.69, 9.17) is 9.79 Å². The fourth-order valence-electron chi connectivity index (χ4n) is 0.736. The summed E-state index contributed by atoms with van der Waals surface area (Å²) in [5.41, 5.74) is -1.04. The van der Waals surface area contributed by atoms with Crippen LogP contribution in [0, 0.1) is 5.92 Å². The van der Waals surface area contributed by atoms with Crippen LogP contribution >= 0.6 is 7.60 Å². The minimum Gasteiger partial charge on any atom is -0.324 e. The highest BCUT2D eigenvalue weighted by Gasteiger charge is 2.24. The lowest BCUT2D eigenvalue weighted by molar-refractivity contribution is 0.378. The Balaban J connectivity index is 4.19. The summed E-state index contributed by atoms with van der Waals surface area (Å²) in [6.45, 7) is 3.71. The maximum absolute atomic E-state index is 11.1. The van der Waals surface area contributed by atoms with Gasteiger partial charge in [0, 0.05) is 0 Å². The fraction of sp³-hybridized carbons (Fsp3) is 1.00. The highest BCUT2D eigenvalue weighted by Crippen LogP contribution is 2.36. The Morgan fingerprint density at radius 3 is 2.08 bits per heavy atom. The summed E-state index contributed by atoms with van der Waals surface area (Å²) in [7, 11) is -8.03. The highest BCUT2D eigenvalue weighted by molar-refractivity contribution is 7.97. The van der Waals surface area contributed by atoms with Crippen LogP contribution in [0.4, 0.5) is 0 Å². The molecule has 0 aliphatic carbocycles. The van der Waals surface area contributed by atoms with Gasteiger partial charge >= 0.3 is 7.60 Å². The average Bonchev–Trinajstić information content (AvgIpc) is 1.78. The molecule has 0 atom stereocenters. The molecular weight excluding hydrogens is 215 g/mol. The van der Waals surface area contributed by atoms with E-state index in [2.05, 4.69) is 0 Å². The maximum Gasteiger partial charge on any atom is 0.340 e. The molecule has 0 aromatic carbocycles. The zero-order valence-corrected chi connectivity index (χ0v) is 9.38. The molecule has 0 rings (SSSR count).